The Bertz CT molecular complexity index is 748. The molecule has 0 aromatic heterocycles. The highest BCUT2D eigenvalue weighted by Gasteiger charge is 2.24. The van der Waals surface area contributed by atoms with Crippen molar-refractivity contribution in [3.05, 3.63) is 29.8 Å². The first kappa shape index (κ1) is 19.5. The molecule has 1 N–H and O–H groups in total. The van der Waals surface area contributed by atoms with Gasteiger partial charge in [0.05, 0.1) is 7.11 Å². The van der Waals surface area contributed by atoms with Gasteiger partial charge in [-0.25, -0.2) is 13.1 Å². The highest BCUT2D eigenvalue weighted by molar-refractivity contribution is 7.89. The molecule has 0 saturated carbocycles. The van der Waals surface area contributed by atoms with Crippen molar-refractivity contribution < 1.29 is 17.9 Å². The van der Waals surface area contributed by atoms with Gasteiger partial charge in [-0.05, 0) is 49.1 Å². The number of hydrogen-bond acceptors (Lipinski definition) is 4. The Labute approximate surface area is 149 Å². The second-order valence-electron chi connectivity index (χ2n) is 6.64. The summed E-state index contributed by atoms with van der Waals surface area (Å²) in [7, 11) is -0.876. The number of benzene rings is 1. The normalized spacial score (nSPS) is 21.5. The number of likely N-dealkylation sites (tertiary alicyclic amines) is 1. The number of rotatable bonds is 5. The average Bonchev–Trinajstić information content (AvgIpc) is 2.58. The summed E-state index contributed by atoms with van der Waals surface area (Å²) in [6.45, 7) is 5.82. The summed E-state index contributed by atoms with van der Waals surface area (Å²) in [6, 6.07) is 4.80. The topological polar surface area (TPSA) is 75.7 Å². The third-order valence-electron chi connectivity index (χ3n) is 4.34. The van der Waals surface area contributed by atoms with E-state index in [9.17, 15) is 13.2 Å². The fraction of sp³-hybridized carbons (Fsp3) is 0.500. The molecule has 7 heteroatoms. The van der Waals surface area contributed by atoms with Gasteiger partial charge < -0.3 is 9.64 Å². The number of ether oxygens (including phenoxy) is 1. The molecule has 1 fully saturated rings. The van der Waals surface area contributed by atoms with Crippen molar-refractivity contribution in [1.29, 1.82) is 0 Å². The lowest BCUT2D eigenvalue weighted by Gasteiger charge is -2.34. The fourth-order valence-corrected chi connectivity index (χ4v) is 4.16. The Kier molecular flexibility index (Phi) is 6.24. The summed E-state index contributed by atoms with van der Waals surface area (Å²) in [6.07, 6.45) is 4.28. The van der Waals surface area contributed by atoms with Crippen molar-refractivity contribution in [2.24, 2.45) is 11.8 Å². The van der Waals surface area contributed by atoms with Crippen molar-refractivity contribution >= 4 is 22.0 Å². The Morgan fingerprint density at radius 2 is 1.92 bits per heavy atom. The number of carbonyl (C=O) groups excluding carboxylic acids is 1. The molecule has 1 aliphatic rings. The van der Waals surface area contributed by atoms with Gasteiger partial charge in [0, 0.05) is 19.2 Å². The van der Waals surface area contributed by atoms with Crippen LogP contribution in [0.3, 0.4) is 0 Å². The molecule has 1 aliphatic heterocycles. The number of piperidine rings is 1. The minimum Gasteiger partial charge on any atom is -0.495 e. The maximum atomic E-state index is 12.4. The van der Waals surface area contributed by atoms with E-state index in [1.165, 1.54) is 26.3 Å². The second-order valence-corrected chi connectivity index (χ2v) is 8.50. The van der Waals surface area contributed by atoms with Crippen LogP contribution in [0.15, 0.2) is 29.2 Å². The standard InChI is InChI=1S/C18H26N2O4S/c1-13-9-14(2)12-20(11-13)18(21)8-6-15-5-7-16(24-4)17(10-15)25(22,23)19-3/h5-8,10,13-14,19H,9,11-12H2,1-4H3/b8-6+. The number of nitrogens with one attached hydrogen (secondary N) is 1. The minimum atomic E-state index is -3.64. The Hall–Kier alpha value is -1.86. The highest BCUT2D eigenvalue weighted by atomic mass is 32.2. The zero-order chi connectivity index (χ0) is 18.6. The first-order valence-electron chi connectivity index (χ1n) is 8.35. The Morgan fingerprint density at radius 1 is 1.28 bits per heavy atom. The molecule has 2 unspecified atom stereocenters. The largest absolute Gasteiger partial charge is 0.495 e. The van der Waals surface area contributed by atoms with Crippen molar-refractivity contribution in [2.75, 3.05) is 27.2 Å². The number of methoxy groups -OCH3 is 1. The lowest BCUT2D eigenvalue weighted by molar-refractivity contribution is -0.128. The maximum Gasteiger partial charge on any atom is 0.246 e. The molecule has 0 aliphatic carbocycles. The SMILES string of the molecule is CNS(=O)(=O)c1cc(/C=C/C(=O)N2CC(C)CC(C)C2)ccc1OC. The smallest absolute Gasteiger partial charge is 0.246 e. The van der Waals surface area contributed by atoms with Gasteiger partial charge >= 0.3 is 0 Å². The molecule has 0 spiro atoms. The lowest BCUT2D eigenvalue weighted by Crippen LogP contribution is -2.41. The van der Waals surface area contributed by atoms with Gasteiger partial charge in [-0.1, -0.05) is 19.9 Å². The zero-order valence-electron chi connectivity index (χ0n) is 15.2. The van der Waals surface area contributed by atoms with Crippen molar-refractivity contribution in [2.45, 2.75) is 25.2 Å². The van der Waals surface area contributed by atoms with Gasteiger partial charge in [0.25, 0.3) is 0 Å². The Balaban J connectivity index is 2.21. The number of hydrogen-bond donors (Lipinski definition) is 1. The summed E-state index contributed by atoms with van der Waals surface area (Å²) >= 11 is 0. The van der Waals surface area contributed by atoms with Crippen LogP contribution in [0, 0.1) is 11.8 Å². The van der Waals surface area contributed by atoms with E-state index >= 15 is 0 Å². The molecular weight excluding hydrogens is 340 g/mol. The van der Waals surface area contributed by atoms with Crippen LogP contribution in [0.25, 0.3) is 6.08 Å². The molecule has 138 valence electrons. The molecule has 2 atom stereocenters. The van der Waals surface area contributed by atoms with Crippen LogP contribution < -0.4 is 9.46 Å². The highest BCUT2D eigenvalue weighted by Crippen LogP contribution is 2.25. The number of nitrogens with zero attached hydrogens (tertiary/aromatic N) is 1. The van der Waals surface area contributed by atoms with E-state index in [0.29, 0.717) is 17.4 Å². The van der Waals surface area contributed by atoms with Crippen LogP contribution in [-0.2, 0) is 14.8 Å². The van der Waals surface area contributed by atoms with Gasteiger partial charge in [0.1, 0.15) is 10.6 Å². The van der Waals surface area contributed by atoms with Gasteiger partial charge in [-0.2, -0.15) is 0 Å². The van der Waals surface area contributed by atoms with Gasteiger partial charge in [0.2, 0.25) is 15.9 Å². The molecule has 1 aromatic carbocycles. The Morgan fingerprint density at radius 3 is 2.48 bits per heavy atom. The quantitative estimate of drug-likeness (QED) is 0.810. The lowest BCUT2D eigenvalue weighted by atomic mass is 9.92. The summed E-state index contributed by atoms with van der Waals surface area (Å²) in [4.78, 5) is 14.3. The van der Waals surface area contributed by atoms with Crippen LogP contribution in [0.5, 0.6) is 5.75 Å². The van der Waals surface area contributed by atoms with Gasteiger partial charge in [-0.3, -0.25) is 4.79 Å². The molecule has 25 heavy (non-hydrogen) atoms. The summed E-state index contributed by atoms with van der Waals surface area (Å²) in [5.74, 6) is 1.20. The molecule has 2 rings (SSSR count). The van der Waals surface area contributed by atoms with E-state index in [0.717, 1.165) is 19.5 Å². The van der Waals surface area contributed by atoms with Gasteiger partial charge in [-0.15, -0.1) is 0 Å². The predicted octanol–water partition coefficient (Wildman–Crippen LogP) is 2.12. The van der Waals surface area contributed by atoms with E-state index in [4.69, 9.17) is 4.74 Å². The summed E-state index contributed by atoms with van der Waals surface area (Å²) in [5, 5.41) is 0. The van der Waals surface area contributed by atoms with Crippen molar-refractivity contribution in [1.82, 2.24) is 9.62 Å². The van der Waals surface area contributed by atoms with Crippen LogP contribution in [-0.4, -0.2) is 46.5 Å². The number of sulfonamides is 1. The van der Waals surface area contributed by atoms with Crippen LogP contribution in [0.1, 0.15) is 25.8 Å². The van der Waals surface area contributed by atoms with E-state index in [1.807, 2.05) is 4.90 Å². The van der Waals surface area contributed by atoms with Crippen molar-refractivity contribution in [3.8, 4) is 5.75 Å². The van der Waals surface area contributed by atoms with Crippen LogP contribution in [0.4, 0.5) is 0 Å². The van der Waals surface area contributed by atoms with Crippen molar-refractivity contribution in [3.63, 3.8) is 0 Å². The maximum absolute atomic E-state index is 12.4. The third kappa shape index (κ3) is 4.83. The predicted molar refractivity (Wildman–Crippen MR) is 97.8 cm³/mol. The summed E-state index contributed by atoms with van der Waals surface area (Å²) < 4.78 is 31.6. The first-order valence-corrected chi connectivity index (χ1v) is 9.83. The van der Waals surface area contributed by atoms with E-state index < -0.39 is 10.0 Å². The number of amides is 1. The zero-order valence-corrected chi connectivity index (χ0v) is 16.0. The second kappa shape index (κ2) is 8.01. The van der Waals surface area contributed by atoms with Gasteiger partial charge in [0.15, 0.2) is 0 Å². The third-order valence-corrected chi connectivity index (χ3v) is 5.78. The summed E-state index contributed by atoms with van der Waals surface area (Å²) in [5.41, 5.74) is 0.626. The van der Waals surface area contributed by atoms with Crippen LogP contribution >= 0.6 is 0 Å². The molecular formula is C18H26N2O4S. The van der Waals surface area contributed by atoms with E-state index in [-0.39, 0.29) is 16.6 Å². The molecule has 6 nitrogen and oxygen atoms in total. The average molecular weight is 366 g/mol. The fourth-order valence-electron chi connectivity index (χ4n) is 3.23. The molecule has 0 radical (unpaired) electrons. The minimum absolute atomic E-state index is 0.0484. The molecule has 1 heterocycles. The monoisotopic (exact) mass is 366 g/mol. The van der Waals surface area contributed by atoms with E-state index in [2.05, 4.69) is 18.6 Å². The van der Waals surface area contributed by atoms with E-state index in [1.54, 1.807) is 18.2 Å². The molecule has 1 saturated heterocycles. The van der Waals surface area contributed by atoms with Crippen LogP contribution in [0.2, 0.25) is 0 Å². The molecule has 0 bridgehead atoms. The first-order chi connectivity index (χ1) is 11.8. The molecule has 1 aromatic rings. The number of carbonyl (C=O) groups is 1. The molecule has 1 amide bonds.